The predicted octanol–water partition coefficient (Wildman–Crippen LogP) is 1.76. The van der Waals surface area contributed by atoms with Crippen LogP contribution in [0, 0.1) is 0 Å². The number of aliphatic hydroxyl groups excluding tert-OH is 1. The Morgan fingerprint density at radius 1 is 1.47 bits per heavy atom. The second-order valence-electron chi connectivity index (χ2n) is 3.31. The van der Waals surface area contributed by atoms with E-state index in [1.165, 1.54) is 13.2 Å². The minimum Gasteiger partial charge on any atom is -0.496 e. The SMILES string of the molecule is CCOC(=O)C=Cc1ccc(CO)c(OC)c1. The van der Waals surface area contributed by atoms with E-state index < -0.39 is 0 Å². The summed E-state index contributed by atoms with van der Waals surface area (Å²) in [4.78, 5) is 11.1. The molecule has 1 rings (SSSR count). The summed E-state index contributed by atoms with van der Waals surface area (Å²) in [5.41, 5.74) is 1.52. The summed E-state index contributed by atoms with van der Waals surface area (Å²) in [5.74, 6) is 0.219. The summed E-state index contributed by atoms with van der Waals surface area (Å²) in [6, 6.07) is 5.30. The van der Waals surface area contributed by atoms with E-state index in [0.29, 0.717) is 17.9 Å². The summed E-state index contributed by atoms with van der Waals surface area (Å²) in [6.45, 7) is 2.03. The Labute approximate surface area is 100 Å². The van der Waals surface area contributed by atoms with Gasteiger partial charge in [-0.1, -0.05) is 12.1 Å². The van der Waals surface area contributed by atoms with Crippen molar-refractivity contribution in [2.24, 2.45) is 0 Å². The van der Waals surface area contributed by atoms with Crippen LogP contribution >= 0.6 is 0 Å². The number of esters is 1. The Hall–Kier alpha value is -1.81. The van der Waals surface area contributed by atoms with Crippen molar-refractivity contribution < 1.29 is 19.4 Å². The third-order valence-electron chi connectivity index (χ3n) is 2.18. The molecule has 0 aliphatic heterocycles. The predicted molar refractivity (Wildman–Crippen MR) is 64.6 cm³/mol. The molecule has 0 saturated carbocycles. The van der Waals surface area contributed by atoms with Gasteiger partial charge in [0.2, 0.25) is 0 Å². The van der Waals surface area contributed by atoms with Crippen molar-refractivity contribution >= 4 is 12.0 Å². The van der Waals surface area contributed by atoms with Gasteiger partial charge in [0.05, 0.1) is 20.3 Å². The van der Waals surface area contributed by atoms with Crippen LogP contribution in [0.5, 0.6) is 5.75 Å². The molecule has 0 aliphatic carbocycles. The number of methoxy groups -OCH3 is 1. The van der Waals surface area contributed by atoms with Crippen molar-refractivity contribution in [1.82, 2.24) is 0 Å². The third-order valence-corrected chi connectivity index (χ3v) is 2.18. The monoisotopic (exact) mass is 236 g/mol. The summed E-state index contributed by atoms with van der Waals surface area (Å²) in [7, 11) is 1.54. The van der Waals surface area contributed by atoms with Crippen LogP contribution in [0.3, 0.4) is 0 Å². The highest BCUT2D eigenvalue weighted by molar-refractivity contribution is 5.87. The second-order valence-corrected chi connectivity index (χ2v) is 3.31. The van der Waals surface area contributed by atoms with E-state index in [1.807, 2.05) is 0 Å². The second kappa shape index (κ2) is 6.70. The zero-order valence-electron chi connectivity index (χ0n) is 9.97. The molecule has 0 spiro atoms. The fourth-order valence-electron chi connectivity index (χ4n) is 1.35. The van der Waals surface area contributed by atoms with Crippen LogP contribution in [0.25, 0.3) is 6.08 Å². The van der Waals surface area contributed by atoms with E-state index in [-0.39, 0.29) is 12.6 Å². The first kappa shape index (κ1) is 13.3. The van der Waals surface area contributed by atoms with E-state index in [2.05, 4.69) is 0 Å². The van der Waals surface area contributed by atoms with E-state index in [0.717, 1.165) is 5.56 Å². The van der Waals surface area contributed by atoms with Gasteiger partial charge in [-0.2, -0.15) is 0 Å². The van der Waals surface area contributed by atoms with Gasteiger partial charge >= 0.3 is 5.97 Å². The number of carbonyl (C=O) groups is 1. The molecule has 0 radical (unpaired) electrons. The molecule has 1 aromatic rings. The molecule has 0 aromatic heterocycles. The van der Waals surface area contributed by atoms with Gasteiger partial charge in [0, 0.05) is 11.6 Å². The highest BCUT2D eigenvalue weighted by atomic mass is 16.5. The zero-order chi connectivity index (χ0) is 12.7. The Kier molecular flexibility index (Phi) is 5.23. The number of ether oxygens (including phenoxy) is 2. The molecule has 0 aliphatic rings. The Morgan fingerprint density at radius 2 is 2.24 bits per heavy atom. The van der Waals surface area contributed by atoms with Crippen LogP contribution < -0.4 is 4.74 Å². The van der Waals surface area contributed by atoms with Crippen LogP contribution in [-0.2, 0) is 16.1 Å². The molecule has 1 N–H and O–H groups in total. The average Bonchev–Trinajstić information content (AvgIpc) is 2.36. The van der Waals surface area contributed by atoms with Gasteiger partial charge in [0.25, 0.3) is 0 Å². The maximum atomic E-state index is 11.1. The summed E-state index contributed by atoms with van der Waals surface area (Å²) in [5, 5.41) is 9.06. The highest BCUT2D eigenvalue weighted by Gasteiger charge is 2.02. The molecule has 0 heterocycles. The van der Waals surface area contributed by atoms with Gasteiger partial charge < -0.3 is 14.6 Å². The molecule has 0 amide bonds. The smallest absolute Gasteiger partial charge is 0.330 e. The van der Waals surface area contributed by atoms with Crippen molar-refractivity contribution in [3.63, 3.8) is 0 Å². The molecule has 4 heteroatoms. The normalized spacial score (nSPS) is 10.5. The fourth-order valence-corrected chi connectivity index (χ4v) is 1.35. The lowest BCUT2D eigenvalue weighted by atomic mass is 10.1. The molecule has 4 nitrogen and oxygen atoms in total. The Balaban J connectivity index is 2.82. The van der Waals surface area contributed by atoms with E-state index in [4.69, 9.17) is 14.6 Å². The molecule has 0 saturated heterocycles. The first-order valence-electron chi connectivity index (χ1n) is 5.33. The highest BCUT2D eigenvalue weighted by Crippen LogP contribution is 2.20. The summed E-state index contributed by atoms with van der Waals surface area (Å²) >= 11 is 0. The van der Waals surface area contributed by atoms with Gasteiger partial charge in [0.15, 0.2) is 0 Å². The first-order valence-corrected chi connectivity index (χ1v) is 5.33. The zero-order valence-corrected chi connectivity index (χ0v) is 9.97. The molecular weight excluding hydrogens is 220 g/mol. The van der Waals surface area contributed by atoms with Crippen molar-refractivity contribution in [3.05, 3.63) is 35.4 Å². The summed E-state index contributed by atoms with van der Waals surface area (Å²) in [6.07, 6.45) is 3.00. The first-order chi connectivity index (χ1) is 8.21. The van der Waals surface area contributed by atoms with Crippen molar-refractivity contribution in [2.75, 3.05) is 13.7 Å². The fraction of sp³-hybridized carbons (Fsp3) is 0.308. The topological polar surface area (TPSA) is 55.8 Å². The lowest BCUT2D eigenvalue weighted by molar-refractivity contribution is -0.137. The van der Waals surface area contributed by atoms with Crippen molar-refractivity contribution in [2.45, 2.75) is 13.5 Å². The number of benzene rings is 1. The molecule has 0 bridgehead atoms. The molecule has 1 aromatic carbocycles. The minimum absolute atomic E-state index is 0.0783. The molecule has 0 fully saturated rings. The van der Waals surface area contributed by atoms with Crippen LogP contribution in [0.15, 0.2) is 24.3 Å². The molecular formula is C13H16O4. The van der Waals surface area contributed by atoms with Gasteiger partial charge in [-0.3, -0.25) is 0 Å². The number of aliphatic hydroxyl groups is 1. The maximum absolute atomic E-state index is 11.1. The average molecular weight is 236 g/mol. The number of hydrogen-bond donors (Lipinski definition) is 1. The van der Waals surface area contributed by atoms with E-state index >= 15 is 0 Å². The van der Waals surface area contributed by atoms with E-state index in [1.54, 1.807) is 31.2 Å². The molecule has 0 unspecified atom stereocenters. The molecule has 17 heavy (non-hydrogen) atoms. The van der Waals surface area contributed by atoms with Gasteiger partial charge in [-0.15, -0.1) is 0 Å². The minimum atomic E-state index is -0.377. The van der Waals surface area contributed by atoms with Crippen molar-refractivity contribution in [1.29, 1.82) is 0 Å². The van der Waals surface area contributed by atoms with Crippen LogP contribution in [0.2, 0.25) is 0 Å². The van der Waals surface area contributed by atoms with Crippen LogP contribution in [0.4, 0.5) is 0 Å². The van der Waals surface area contributed by atoms with Gasteiger partial charge in [-0.05, 0) is 24.6 Å². The lowest BCUT2D eigenvalue weighted by Crippen LogP contribution is -1.98. The standard InChI is InChI=1S/C13H16O4/c1-3-17-13(15)7-5-10-4-6-11(9-14)12(8-10)16-2/h4-8,14H,3,9H2,1-2H3. The van der Waals surface area contributed by atoms with E-state index in [9.17, 15) is 4.79 Å². The van der Waals surface area contributed by atoms with Crippen LogP contribution in [-0.4, -0.2) is 24.8 Å². The van der Waals surface area contributed by atoms with Gasteiger partial charge in [-0.25, -0.2) is 4.79 Å². The number of hydrogen-bond acceptors (Lipinski definition) is 4. The Bertz CT molecular complexity index is 410. The summed E-state index contributed by atoms with van der Waals surface area (Å²) < 4.78 is 9.89. The van der Waals surface area contributed by atoms with Gasteiger partial charge in [0.1, 0.15) is 5.75 Å². The maximum Gasteiger partial charge on any atom is 0.330 e. The quantitative estimate of drug-likeness (QED) is 0.625. The molecule has 92 valence electrons. The Morgan fingerprint density at radius 3 is 2.82 bits per heavy atom. The lowest BCUT2D eigenvalue weighted by Gasteiger charge is -2.06. The number of rotatable bonds is 5. The largest absolute Gasteiger partial charge is 0.496 e. The third kappa shape index (κ3) is 3.92. The van der Waals surface area contributed by atoms with Crippen molar-refractivity contribution in [3.8, 4) is 5.75 Å². The number of carbonyl (C=O) groups excluding carboxylic acids is 1. The molecule has 0 atom stereocenters. The van der Waals surface area contributed by atoms with Crippen LogP contribution in [0.1, 0.15) is 18.1 Å².